The second-order valence-corrected chi connectivity index (χ2v) is 7.13. The second kappa shape index (κ2) is 7.46. The van der Waals surface area contributed by atoms with Gasteiger partial charge in [0.25, 0.3) is 11.8 Å². The molecule has 2 aliphatic heterocycles. The first-order valence-corrected chi connectivity index (χ1v) is 9.47. The van der Waals surface area contributed by atoms with Crippen LogP contribution in [-0.4, -0.2) is 57.1 Å². The van der Waals surface area contributed by atoms with Gasteiger partial charge in [-0.25, -0.2) is 4.98 Å². The summed E-state index contributed by atoms with van der Waals surface area (Å²) < 4.78 is 0. The molecule has 4 heterocycles. The third-order valence-corrected chi connectivity index (χ3v) is 5.33. The van der Waals surface area contributed by atoms with Gasteiger partial charge in [-0.15, -0.1) is 0 Å². The topological polar surface area (TPSA) is 95.5 Å². The van der Waals surface area contributed by atoms with Gasteiger partial charge >= 0.3 is 0 Å². The molecule has 0 unspecified atom stereocenters. The maximum atomic E-state index is 12.8. The van der Waals surface area contributed by atoms with Gasteiger partial charge in [-0.3, -0.25) is 24.3 Å². The number of rotatable bonds is 4. The summed E-state index contributed by atoms with van der Waals surface area (Å²) in [6.45, 7) is 2.28. The Balaban J connectivity index is 1.49. The summed E-state index contributed by atoms with van der Waals surface area (Å²) in [5.74, 6) is -0.472. The van der Waals surface area contributed by atoms with Gasteiger partial charge < -0.3 is 10.2 Å². The number of imide groups is 1. The molecule has 0 fully saturated rings. The largest absolute Gasteiger partial charge is 0.355 e. The first-order chi connectivity index (χ1) is 14.0. The quantitative estimate of drug-likeness (QED) is 0.799. The molecule has 1 N–H and O–H groups in total. The maximum Gasteiger partial charge on any atom is 0.277 e. The fourth-order valence-corrected chi connectivity index (χ4v) is 3.67. The van der Waals surface area contributed by atoms with Crippen LogP contribution in [0.4, 0.5) is 5.82 Å². The van der Waals surface area contributed by atoms with Gasteiger partial charge in [-0.05, 0) is 38.0 Å². The number of hydrogen-bond acceptors (Lipinski definition) is 6. The molecule has 8 nitrogen and oxygen atoms in total. The summed E-state index contributed by atoms with van der Waals surface area (Å²) in [6, 6.07) is 6.76. The van der Waals surface area contributed by atoms with Gasteiger partial charge in [0.2, 0.25) is 5.91 Å². The van der Waals surface area contributed by atoms with Gasteiger partial charge in [0, 0.05) is 48.9 Å². The van der Waals surface area contributed by atoms with E-state index in [1.54, 1.807) is 36.5 Å². The van der Waals surface area contributed by atoms with Crippen molar-refractivity contribution >= 4 is 23.5 Å². The van der Waals surface area contributed by atoms with Crippen LogP contribution in [0.25, 0.3) is 11.1 Å². The van der Waals surface area contributed by atoms with Crippen molar-refractivity contribution in [1.29, 1.82) is 0 Å². The molecule has 2 aliphatic rings. The third kappa shape index (κ3) is 3.37. The highest BCUT2D eigenvalue weighted by Crippen LogP contribution is 2.32. The van der Waals surface area contributed by atoms with Crippen LogP contribution in [0, 0.1) is 0 Å². The molecule has 0 spiro atoms. The second-order valence-electron chi connectivity index (χ2n) is 7.13. The Morgan fingerprint density at radius 1 is 1.14 bits per heavy atom. The number of carbonyl (C=O) groups excluding carboxylic acids is 3. The molecule has 0 aliphatic carbocycles. The number of amides is 3. The molecular weight excluding hydrogens is 370 g/mol. The predicted molar refractivity (Wildman–Crippen MR) is 106 cm³/mol. The van der Waals surface area contributed by atoms with Gasteiger partial charge in [-0.2, -0.15) is 0 Å². The minimum absolute atomic E-state index is 0.269. The molecule has 29 heavy (non-hydrogen) atoms. The molecule has 4 rings (SSSR count). The lowest BCUT2D eigenvalue weighted by Gasteiger charge is -2.33. The number of aromatic nitrogens is 2. The van der Waals surface area contributed by atoms with Gasteiger partial charge in [0.15, 0.2) is 0 Å². The monoisotopic (exact) mass is 391 g/mol. The Kier molecular flexibility index (Phi) is 4.84. The molecule has 8 heteroatoms. The molecule has 2 aromatic heterocycles. The van der Waals surface area contributed by atoms with Gasteiger partial charge in [0.05, 0.1) is 0 Å². The summed E-state index contributed by atoms with van der Waals surface area (Å²) >= 11 is 0. The van der Waals surface area contributed by atoms with Crippen LogP contribution in [0.1, 0.15) is 19.8 Å². The fraction of sp³-hybridized carbons (Fsp3) is 0.286. The zero-order chi connectivity index (χ0) is 20.5. The summed E-state index contributed by atoms with van der Waals surface area (Å²) in [4.78, 5) is 48.7. The van der Waals surface area contributed by atoms with Crippen molar-refractivity contribution in [1.82, 2.24) is 19.8 Å². The summed E-state index contributed by atoms with van der Waals surface area (Å²) in [6.07, 6.45) is 6.41. The van der Waals surface area contributed by atoms with Crippen molar-refractivity contribution < 1.29 is 14.4 Å². The van der Waals surface area contributed by atoms with E-state index < -0.39 is 6.04 Å². The van der Waals surface area contributed by atoms with E-state index in [0.29, 0.717) is 30.1 Å². The molecule has 1 atom stereocenters. The number of pyridine rings is 2. The Hall–Kier alpha value is -3.55. The number of nitrogens with one attached hydrogen (secondary N) is 1. The average Bonchev–Trinajstić information content (AvgIpc) is 2.98. The van der Waals surface area contributed by atoms with E-state index in [9.17, 15) is 14.4 Å². The van der Waals surface area contributed by atoms with Gasteiger partial charge in [-0.1, -0.05) is 6.07 Å². The number of hydrogen-bond donors (Lipinski definition) is 1. The van der Waals surface area contributed by atoms with Crippen LogP contribution in [0.3, 0.4) is 0 Å². The van der Waals surface area contributed by atoms with E-state index in [2.05, 4.69) is 15.3 Å². The smallest absolute Gasteiger partial charge is 0.277 e. The predicted octanol–water partition coefficient (Wildman–Crippen LogP) is 1.82. The molecule has 0 radical (unpaired) electrons. The summed E-state index contributed by atoms with van der Waals surface area (Å²) in [5.41, 5.74) is 2.69. The number of nitrogens with zero attached hydrogens (tertiary/aromatic N) is 4. The zero-order valence-electron chi connectivity index (χ0n) is 16.3. The number of likely N-dealkylation sites (N-methyl/N-ethyl adjacent to an activating group) is 1. The van der Waals surface area contributed by atoms with E-state index in [4.69, 9.17) is 0 Å². The summed E-state index contributed by atoms with van der Waals surface area (Å²) in [7, 11) is 1.47. The zero-order valence-corrected chi connectivity index (χ0v) is 16.3. The van der Waals surface area contributed by atoms with Crippen LogP contribution in [0.15, 0.2) is 54.1 Å². The highest BCUT2D eigenvalue weighted by Gasteiger charge is 2.42. The minimum Gasteiger partial charge on any atom is -0.355 e. The van der Waals surface area contributed by atoms with Crippen molar-refractivity contribution in [3.8, 4) is 11.1 Å². The highest BCUT2D eigenvalue weighted by atomic mass is 16.2. The Labute approximate surface area is 168 Å². The number of carbonyl (C=O) groups is 3. The van der Waals surface area contributed by atoms with Crippen LogP contribution in [0.2, 0.25) is 0 Å². The van der Waals surface area contributed by atoms with Crippen LogP contribution in [0.5, 0.6) is 0 Å². The van der Waals surface area contributed by atoms with Crippen LogP contribution >= 0.6 is 0 Å². The normalized spacial score (nSPS) is 17.4. The van der Waals surface area contributed by atoms with E-state index in [1.165, 1.54) is 7.05 Å². The fourth-order valence-electron chi connectivity index (χ4n) is 3.67. The van der Waals surface area contributed by atoms with E-state index in [0.717, 1.165) is 22.4 Å². The lowest BCUT2D eigenvalue weighted by Crippen LogP contribution is -2.45. The highest BCUT2D eigenvalue weighted by molar-refractivity contribution is 6.19. The van der Waals surface area contributed by atoms with Crippen LogP contribution in [-0.2, 0) is 14.4 Å². The van der Waals surface area contributed by atoms with Crippen molar-refractivity contribution in [2.24, 2.45) is 0 Å². The SMILES string of the molecule is C[C@@H](C(=O)Nc1ccc(-c2cccnc2)cn1)N1CCCC2=C1C(=O)N(C)C2=O. The molecule has 0 bridgehead atoms. The minimum atomic E-state index is -0.608. The van der Waals surface area contributed by atoms with Crippen molar-refractivity contribution in [3.63, 3.8) is 0 Å². The first kappa shape index (κ1) is 18.8. The molecule has 0 aromatic carbocycles. The average molecular weight is 391 g/mol. The molecular formula is C21H21N5O3. The number of anilines is 1. The summed E-state index contributed by atoms with van der Waals surface area (Å²) in [5, 5.41) is 2.80. The van der Waals surface area contributed by atoms with E-state index in [-0.39, 0.29) is 17.7 Å². The molecule has 148 valence electrons. The standard InChI is InChI=1S/C21H21N5O3/c1-13(26-10-4-6-16-18(26)21(29)25(2)20(16)28)19(27)24-17-8-7-15(12-23-17)14-5-3-9-22-11-14/h3,5,7-9,11-13H,4,6,10H2,1-2H3,(H,23,24,27)/t13-/m0/s1. The molecule has 0 saturated heterocycles. The van der Waals surface area contributed by atoms with Crippen molar-refractivity contribution in [2.45, 2.75) is 25.8 Å². The van der Waals surface area contributed by atoms with E-state index in [1.807, 2.05) is 18.2 Å². The van der Waals surface area contributed by atoms with Gasteiger partial charge in [0.1, 0.15) is 17.6 Å². The first-order valence-electron chi connectivity index (χ1n) is 9.47. The van der Waals surface area contributed by atoms with Crippen molar-refractivity contribution in [2.75, 3.05) is 18.9 Å². The Bertz CT molecular complexity index is 1000. The maximum absolute atomic E-state index is 12.8. The molecule has 0 saturated carbocycles. The van der Waals surface area contributed by atoms with Crippen molar-refractivity contribution in [3.05, 3.63) is 54.1 Å². The molecule has 2 aromatic rings. The van der Waals surface area contributed by atoms with E-state index >= 15 is 0 Å². The molecule has 3 amide bonds. The lowest BCUT2D eigenvalue weighted by molar-refractivity contribution is -0.136. The van der Waals surface area contributed by atoms with Crippen LogP contribution < -0.4 is 5.32 Å². The third-order valence-electron chi connectivity index (χ3n) is 5.33. The lowest BCUT2D eigenvalue weighted by atomic mass is 10.0. The Morgan fingerprint density at radius 3 is 2.62 bits per heavy atom. The Morgan fingerprint density at radius 2 is 1.93 bits per heavy atom.